The molecular weight excluding hydrogens is 394 g/mol. The SMILES string of the molecule is CC1CCN(c2cc(F)c(I)cc2[N+](=O)[O-])C(C(=O)O)C1. The molecule has 0 radical (unpaired) electrons. The lowest BCUT2D eigenvalue weighted by atomic mass is 9.92. The first kappa shape index (κ1) is 15.9. The number of halogens is 2. The fourth-order valence-electron chi connectivity index (χ4n) is 2.57. The highest BCUT2D eigenvalue weighted by atomic mass is 127. The first-order valence-corrected chi connectivity index (χ1v) is 7.52. The van der Waals surface area contributed by atoms with E-state index in [9.17, 15) is 24.4 Å². The van der Waals surface area contributed by atoms with Gasteiger partial charge in [0, 0.05) is 18.7 Å². The van der Waals surface area contributed by atoms with Crippen LogP contribution in [0.15, 0.2) is 12.1 Å². The van der Waals surface area contributed by atoms with Gasteiger partial charge in [-0.25, -0.2) is 9.18 Å². The van der Waals surface area contributed by atoms with Gasteiger partial charge in [0.2, 0.25) is 0 Å². The topological polar surface area (TPSA) is 83.7 Å². The summed E-state index contributed by atoms with van der Waals surface area (Å²) in [5, 5.41) is 20.5. The van der Waals surface area contributed by atoms with E-state index < -0.39 is 22.8 Å². The summed E-state index contributed by atoms with van der Waals surface area (Å²) in [6, 6.07) is 1.33. The van der Waals surface area contributed by atoms with Crippen molar-refractivity contribution in [3.05, 3.63) is 31.6 Å². The van der Waals surface area contributed by atoms with E-state index in [0.717, 1.165) is 12.1 Å². The van der Waals surface area contributed by atoms with Crippen molar-refractivity contribution in [1.82, 2.24) is 0 Å². The Morgan fingerprint density at radius 1 is 1.57 bits per heavy atom. The van der Waals surface area contributed by atoms with Crippen LogP contribution in [0.5, 0.6) is 0 Å². The number of benzene rings is 1. The number of rotatable bonds is 3. The number of hydrogen-bond donors (Lipinski definition) is 1. The number of carbonyl (C=O) groups is 1. The lowest BCUT2D eigenvalue weighted by Crippen LogP contribution is -2.47. The molecule has 1 fully saturated rings. The molecule has 1 N–H and O–H groups in total. The Morgan fingerprint density at radius 3 is 2.81 bits per heavy atom. The summed E-state index contributed by atoms with van der Waals surface area (Å²) in [5.41, 5.74) is -0.223. The molecule has 114 valence electrons. The maximum Gasteiger partial charge on any atom is 0.326 e. The second-order valence-electron chi connectivity index (χ2n) is 5.19. The number of carboxylic acids is 1. The highest BCUT2D eigenvalue weighted by molar-refractivity contribution is 14.1. The van der Waals surface area contributed by atoms with Gasteiger partial charge >= 0.3 is 5.97 Å². The second-order valence-corrected chi connectivity index (χ2v) is 6.35. The van der Waals surface area contributed by atoms with Crippen LogP contribution in [0.4, 0.5) is 15.8 Å². The molecule has 0 saturated carbocycles. The number of carboxylic acid groups (broad SMARTS) is 1. The first-order valence-electron chi connectivity index (χ1n) is 6.44. The van der Waals surface area contributed by atoms with Gasteiger partial charge in [0.25, 0.3) is 5.69 Å². The van der Waals surface area contributed by atoms with Gasteiger partial charge in [0.05, 0.1) is 8.49 Å². The summed E-state index contributed by atoms with van der Waals surface area (Å²) in [5.74, 6) is -1.41. The molecule has 0 aliphatic carbocycles. The average Bonchev–Trinajstić information content (AvgIpc) is 2.41. The minimum Gasteiger partial charge on any atom is -0.480 e. The number of nitro groups is 1. The zero-order valence-corrected chi connectivity index (χ0v) is 13.4. The van der Waals surface area contributed by atoms with Crippen LogP contribution in [-0.4, -0.2) is 28.6 Å². The van der Waals surface area contributed by atoms with E-state index in [1.165, 1.54) is 4.90 Å². The van der Waals surface area contributed by atoms with E-state index in [4.69, 9.17) is 0 Å². The van der Waals surface area contributed by atoms with Crippen molar-refractivity contribution in [2.45, 2.75) is 25.8 Å². The summed E-state index contributed by atoms with van der Waals surface area (Å²) in [4.78, 5) is 23.4. The Balaban J connectivity index is 2.50. The van der Waals surface area contributed by atoms with Crippen molar-refractivity contribution < 1.29 is 19.2 Å². The molecular formula is C13H14FIN2O4. The van der Waals surface area contributed by atoms with E-state index in [0.29, 0.717) is 19.4 Å². The van der Waals surface area contributed by atoms with Crippen LogP contribution in [0.3, 0.4) is 0 Å². The van der Waals surface area contributed by atoms with Crippen LogP contribution in [0.25, 0.3) is 0 Å². The number of nitrogens with zero attached hydrogens (tertiary/aromatic N) is 2. The third kappa shape index (κ3) is 3.25. The molecule has 2 atom stereocenters. The highest BCUT2D eigenvalue weighted by Gasteiger charge is 2.35. The Labute approximate surface area is 134 Å². The van der Waals surface area contributed by atoms with Crippen LogP contribution >= 0.6 is 22.6 Å². The summed E-state index contributed by atoms with van der Waals surface area (Å²) < 4.78 is 13.9. The predicted molar refractivity (Wildman–Crippen MR) is 82.9 cm³/mol. The van der Waals surface area contributed by atoms with Gasteiger partial charge in [0.1, 0.15) is 17.5 Å². The molecule has 8 heteroatoms. The van der Waals surface area contributed by atoms with Crippen molar-refractivity contribution in [2.24, 2.45) is 5.92 Å². The number of nitro benzene ring substituents is 1. The molecule has 21 heavy (non-hydrogen) atoms. The quantitative estimate of drug-likeness (QED) is 0.472. The van der Waals surface area contributed by atoms with E-state index >= 15 is 0 Å². The Hall–Kier alpha value is -1.45. The minimum atomic E-state index is -1.05. The van der Waals surface area contributed by atoms with Gasteiger partial charge in [-0.1, -0.05) is 6.92 Å². The van der Waals surface area contributed by atoms with E-state index in [-0.39, 0.29) is 20.9 Å². The summed E-state index contributed by atoms with van der Waals surface area (Å²) in [7, 11) is 0. The fourth-order valence-corrected chi connectivity index (χ4v) is 3.02. The van der Waals surface area contributed by atoms with Crippen molar-refractivity contribution >= 4 is 39.9 Å². The summed E-state index contributed by atoms with van der Waals surface area (Å²) >= 11 is 1.68. The van der Waals surface area contributed by atoms with E-state index in [1.54, 1.807) is 22.6 Å². The molecule has 1 saturated heterocycles. The van der Waals surface area contributed by atoms with Gasteiger partial charge in [-0.15, -0.1) is 0 Å². The van der Waals surface area contributed by atoms with Crippen LogP contribution in [0, 0.1) is 25.4 Å². The Bertz CT molecular complexity index is 596. The smallest absolute Gasteiger partial charge is 0.326 e. The third-order valence-electron chi connectivity index (χ3n) is 3.67. The minimum absolute atomic E-state index is 0.0391. The maximum absolute atomic E-state index is 13.8. The summed E-state index contributed by atoms with van der Waals surface area (Å²) in [6.07, 6.45) is 1.11. The molecule has 1 aliphatic rings. The lowest BCUT2D eigenvalue weighted by molar-refractivity contribution is -0.384. The zero-order valence-electron chi connectivity index (χ0n) is 11.3. The van der Waals surface area contributed by atoms with E-state index in [2.05, 4.69) is 0 Å². The standard InChI is InChI=1S/C13H14FIN2O4/c1-7-2-3-16(12(4-7)13(18)19)10-5-8(14)9(15)6-11(10)17(20)21/h5-7,12H,2-4H2,1H3,(H,18,19). The van der Waals surface area contributed by atoms with Crippen LogP contribution < -0.4 is 4.90 Å². The molecule has 1 aromatic rings. The molecule has 0 amide bonds. The number of piperidine rings is 1. The third-order valence-corrected chi connectivity index (χ3v) is 4.50. The second kappa shape index (κ2) is 6.12. The maximum atomic E-state index is 13.8. The molecule has 1 heterocycles. The van der Waals surface area contributed by atoms with Crippen molar-refractivity contribution in [2.75, 3.05) is 11.4 Å². The number of aliphatic carboxylic acids is 1. The number of hydrogen-bond acceptors (Lipinski definition) is 4. The van der Waals surface area contributed by atoms with Gasteiger partial charge in [-0.05, 0) is 41.4 Å². The number of anilines is 1. The van der Waals surface area contributed by atoms with Crippen molar-refractivity contribution in [3.8, 4) is 0 Å². The van der Waals surface area contributed by atoms with Gasteiger partial charge in [-0.3, -0.25) is 10.1 Å². The first-order chi connectivity index (χ1) is 9.81. The summed E-state index contributed by atoms with van der Waals surface area (Å²) in [6.45, 7) is 2.30. The van der Waals surface area contributed by atoms with Crippen LogP contribution in [-0.2, 0) is 4.79 Å². The van der Waals surface area contributed by atoms with Gasteiger partial charge in [-0.2, -0.15) is 0 Å². The van der Waals surface area contributed by atoms with Crippen LogP contribution in [0.1, 0.15) is 19.8 Å². The largest absolute Gasteiger partial charge is 0.480 e. The van der Waals surface area contributed by atoms with Gasteiger partial charge < -0.3 is 10.0 Å². The molecule has 0 spiro atoms. The van der Waals surface area contributed by atoms with Crippen molar-refractivity contribution in [1.29, 1.82) is 0 Å². The van der Waals surface area contributed by atoms with Crippen molar-refractivity contribution in [3.63, 3.8) is 0 Å². The Kier molecular flexibility index (Phi) is 4.64. The molecule has 6 nitrogen and oxygen atoms in total. The van der Waals surface area contributed by atoms with Crippen LogP contribution in [0.2, 0.25) is 0 Å². The van der Waals surface area contributed by atoms with Gasteiger partial charge in [0.15, 0.2) is 0 Å². The zero-order chi connectivity index (χ0) is 15.7. The molecule has 2 unspecified atom stereocenters. The fraction of sp³-hybridized carbons (Fsp3) is 0.462. The highest BCUT2D eigenvalue weighted by Crippen LogP contribution is 2.36. The van der Waals surface area contributed by atoms with E-state index in [1.807, 2.05) is 6.92 Å². The molecule has 0 bridgehead atoms. The predicted octanol–water partition coefficient (Wildman–Crippen LogP) is 3.03. The molecule has 2 rings (SSSR count). The monoisotopic (exact) mass is 408 g/mol. The normalized spacial score (nSPS) is 22.1. The molecule has 1 aromatic carbocycles. The lowest BCUT2D eigenvalue weighted by Gasteiger charge is -2.37. The molecule has 1 aliphatic heterocycles. The Morgan fingerprint density at radius 2 is 2.24 bits per heavy atom. The average molecular weight is 408 g/mol. The molecule has 0 aromatic heterocycles.